The maximum atomic E-state index is 12.1. The lowest BCUT2D eigenvalue weighted by atomic mass is 10.1. The Morgan fingerprint density at radius 2 is 1.85 bits per heavy atom. The second-order valence-corrected chi connectivity index (χ2v) is 10.4. The number of rotatable bonds is 5. The highest BCUT2D eigenvalue weighted by molar-refractivity contribution is 9.10. The van der Waals surface area contributed by atoms with Gasteiger partial charge in [-0.15, -0.1) is 11.3 Å². The number of fused-ring (bicyclic) bond motifs is 1. The van der Waals surface area contributed by atoms with Crippen LogP contribution in [0.2, 0.25) is 0 Å². The van der Waals surface area contributed by atoms with Crippen LogP contribution in [0, 0.1) is 0 Å². The zero-order valence-corrected chi connectivity index (χ0v) is 21.1. The van der Waals surface area contributed by atoms with Gasteiger partial charge in [-0.25, -0.2) is 9.59 Å². The smallest absolute Gasteiger partial charge is 0.410 e. The van der Waals surface area contributed by atoms with Crippen LogP contribution in [0.15, 0.2) is 46.3 Å². The molecule has 0 N–H and O–H groups in total. The molecule has 7 nitrogen and oxygen atoms in total. The van der Waals surface area contributed by atoms with E-state index in [0.29, 0.717) is 35.9 Å². The molecule has 1 aliphatic rings. The van der Waals surface area contributed by atoms with Crippen LogP contribution in [0.5, 0.6) is 17.2 Å². The molecule has 0 atom stereocenters. The van der Waals surface area contributed by atoms with Gasteiger partial charge in [0, 0.05) is 15.5 Å². The van der Waals surface area contributed by atoms with Crippen molar-refractivity contribution in [1.29, 1.82) is 0 Å². The number of halogens is 1. The molecule has 4 rings (SSSR count). The fourth-order valence-electron chi connectivity index (χ4n) is 3.26. The molecule has 0 radical (unpaired) electrons. The van der Waals surface area contributed by atoms with Gasteiger partial charge in [-0.1, -0.05) is 0 Å². The molecule has 0 spiro atoms. The Balaban J connectivity index is 1.38. The van der Waals surface area contributed by atoms with Crippen molar-refractivity contribution in [3.8, 4) is 17.2 Å². The van der Waals surface area contributed by atoms with Crippen molar-refractivity contribution in [2.45, 2.75) is 32.5 Å². The summed E-state index contributed by atoms with van der Waals surface area (Å²) in [5.74, 6) is 1.66. The van der Waals surface area contributed by atoms with Crippen LogP contribution in [-0.4, -0.2) is 48.9 Å². The van der Waals surface area contributed by atoms with Crippen molar-refractivity contribution in [3.05, 3.63) is 51.8 Å². The summed E-state index contributed by atoms with van der Waals surface area (Å²) in [5, 5.41) is 2.82. The van der Waals surface area contributed by atoms with E-state index < -0.39 is 5.60 Å². The Morgan fingerprint density at radius 3 is 2.52 bits per heavy atom. The van der Waals surface area contributed by atoms with Gasteiger partial charge in [0.15, 0.2) is 0 Å². The van der Waals surface area contributed by atoms with Crippen molar-refractivity contribution < 1.29 is 28.5 Å². The van der Waals surface area contributed by atoms with Gasteiger partial charge in [0.2, 0.25) is 0 Å². The lowest BCUT2D eigenvalue weighted by Gasteiger charge is -2.39. The van der Waals surface area contributed by atoms with E-state index in [2.05, 4.69) is 15.9 Å². The fourth-order valence-corrected chi connectivity index (χ4v) is 4.60. The minimum atomic E-state index is -0.513. The standard InChI is InChI=1S/C24H24BrNO6S/c1-24(2,3)32-23(28)26-11-16(12-26)30-15-6-8-19(18(25)10-15)31-20-13-33-21-9-14(22(27)29-4)5-7-17(20)21/h5-10,13,16H,11-12H2,1-4H3. The molecular formula is C24H24BrNO6S. The van der Waals surface area contributed by atoms with E-state index in [1.54, 1.807) is 17.0 Å². The number of carbonyl (C=O) groups is 2. The van der Waals surface area contributed by atoms with E-state index in [1.807, 2.05) is 50.4 Å². The first kappa shape index (κ1) is 23.4. The second kappa shape index (κ2) is 9.23. The van der Waals surface area contributed by atoms with Gasteiger partial charge in [0.25, 0.3) is 0 Å². The molecule has 1 amide bonds. The van der Waals surface area contributed by atoms with Crippen LogP contribution in [0.4, 0.5) is 4.79 Å². The van der Waals surface area contributed by atoms with Crippen LogP contribution in [0.1, 0.15) is 31.1 Å². The normalized spacial score (nSPS) is 14.0. The minimum absolute atomic E-state index is 0.0824. The number of amides is 1. The van der Waals surface area contributed by atoms with Crippen molar-refractivity contribution in [3.63, 3.8) is 0 Å². The first-order valence-corrected chi connectivity index (χ1v) is 12.0. The number of hydrogen-bond donors (Lipinski definition) is 0. The number of benzene rings is 2. The van der Waals surface area contributed by atoms with Gasteiger partial charge >= 0.3 is 12.1 Å². The molecule has 1 aromatic heterocycles. The van der Waals surface area contributed by atoms with Gasteiger partial charge in [0.05, 0.1) is 30.2 Å². The summed E-state index contributed by atoms with van der Waals surface area (Å²) in [6.07, 6.45) is -0.407. The van der Waals surface area contributed by atoms with E-state index in [9.17, 15) is 9.59 Å². The second-order valence-electron chi connectivity index (χ2n) is 8.62. The average Bonchev–Trinajstić information content (AvgIpc) is 3.12. The highest BCUT2D eigenvalue weighted by Crippen LogP contribution is 2.39. The van der Waals surface area contributed by atoms with Crippen molar-refractivity contribution in [2.24, 2.45) is 0 Å². The third kappa shape index (κ3) is 5.42. The molecule has 0 unspecified atom stereocenters. The van der Waals surface area contributed by atoms with Crippen molar-refractivity contribution in [1.82, 2.24) is 4.90 Å². The Bertz CT molecular complexity index is 1200. The van der Waals surface area contributed by atoms with Crippen molar-refractivity contribution in [2.75, 3.05) is 20.2 Å². The molecule has 0 aliphatic carbocycles. The number of esters is 1. The number of likely N-dealkylation sites (tertiary alicyclic amines) is 1. The molecule has 174 valence electrons. The van der Waals surface area contributed by atoms with Crippen LogP contribution in [0.25, 0.3) is 10.1 Å². The van der Waals surface area contributed by atoms with Crippen LogP contribution in [0.3, 0.4) is 0 Å². The monoisotopic (exact) mass is 533 g/mol. The van der Waals surface area contributed by atoms with Gasteiger partial charge in [-0.3, -0.25) is 0 Å². The molecule has 3 aromatic rings. The molecule has 2 aromatic carbocycles. The lowest BCUT2D eigenvalue weighted by molar-refractivity contribution is -0.0221. The summed E-state index contributed by atoms with van der Waals surface area (Å²) in [5.41, 5.74) is -0.0106. The molecular weight excluding hydrogens is 510 g/mol. The first-order valence-electron chi connectivity index (χ1n) is 10.3. The third-order valence-corrected chi connectivity index (χ3v) is 6.43. The Morgan fingerprint density at radius 1 is 1.09 bits per heavy atom. The van der Waals surface area contributed by atoms with E-state index in [0.717, 1.165) is 14.6 Å². The zero-order valence-electron chi connectivity index (χ0n) is 18.7. The van der Waals surface area contributed by atoms with E-state index in [1.165, 1.54) is 18.4 Å². The third-order valence-electron chi connectivity index (χ3n) is 4.89. The summed E-state index contributed by atoms with van der Waals surface area (Å²) < 4.78 is 23.9. The lowest BCUT2D eigenvalue weighted by Crippen LogP contribution is -2.57. The van der Waals surface area contributed by atoms with Crippen molar-refractivity contribution >= 4 is 49.4 Å². The number of thiophene rings is 1. The predicted molar refractivity (Wildman–Crippen MR) is 130 cm³/mol. The highest BCUT2D eigenvalue weighted by Gasteiger charge is 2.35. The summed E-state index contributed by atoms with van der Waals surface area (Å²) in [4.78, 5) is 25.4. The number of hydrogen-bond acceptors (Lipinski definition) is 7. The zero-order chi connectivity index (χ0) is 23.8. The first-order chi connectivity index (χ1) is 15.6. The van der Waals surface area contributed by atoms with Gasteiger partial charge in [0.1, 0.15) is 29.0 Å². The topological polar surface area (TPSA) is 74.3 Å². The predicted octanol–water partition coefficient (Wildman–Crippen LogP) is 6.24. The summed E-state index contributed by atoms with van der Waals surface area (Å²) in [7, 11) is 1.36. The maximum absolute atomic E-state index is 12.1. The number of ether oxygens (including phenoxy) is 4. The number of carbonyl (C=O) groups excluding carboxylic acids is 2. The average molecular weight is 534 g/mol. The quantitative estimate of drug-likeness (QED) is 0.361. The summed E-state index contributed by atoms with van der Waals surface area (Å²) in [6, 6.07) is 10.9. The fraction of sp³-hybridized carbons (Fsp3) is 0.333. The molecule has 1 aliphatic heterocycles. The number of methoxy groups -OCH3 is 1. The van der Waals surface area contributed by atoms with Crippen LogP contribution >= 0.6 is 27.3 Å². The summed E-state index contributed by atoms with van der Waals surface area (Å²) >= 11 is 5.04. The van der Waals surface area contributed by atoms with Gasteiger partial charge in [-0.05, 0) is 73.1 Å². The molecule has 1 fully saturated rings. The highest BCUT2D eigenvalue weighted by atomic mass is 79.9. The molecule has 2 heterocycles. The SMILES string of the molecule is COC(=O)c1ccc2c(Oc3ccc(OC4CN(C(=O)OC(C)(C)C)C4)cc3Br)csc2c1. The molecule has 1 saturated heterocycles. The van der Waals surface area contributed by atoms with E-state index >= 15 is 0 Å². The molecule has 0 bridgehead atoms. The minimum Gasteiger partial charge on any atom is -0.487 e. The molecule has 33 heavy (non-hydrogen) atoms. The number of nitrogens with zero attached hydrogens (tertiary/aromatic N) is 1. The summed E-state index contributed by atoms with van der Waals surface area (Å²) in [6.45, 7) is 6.51. The van der Waals surface area contributed by atoms with E-state index in [-0.39, 0.29) is 18.2 Å². The van der Waals surface area contributed by atoms with E-state index in [4.69, 9.17) is 18.9 Å². The Hall–Kier alpha value is -2.78. The van der Waals surface area contributed by atoms with Crippen LogP contribution in [-0.2, 0) is 9.47 Å². The molecule has 0 saturated carbocycles. The maximum Gasteiger partial charge on any atom is 0.410 e. The Labute approximate surface area is 204 Å². The Kier molecular flexibility index (Phi) is 6.54. The largest absolute Gasteiger partial charge is 0.487 e. The van der Waals surface area contributed by atoms with Crippen LogP contribution < -0.4 is 9.47 Å². The molecule has 9 heteroatoms. The van der Waals surface area contributed by atoms with Gasteiger partial charge in [-0.2, -0.15) is 0 Å². The van der Waals surface area contributed by atoms with Gasteiger partial charge < -0.3 is 23.8 Å².